The van der Waals surface area contributed by atoms with E-state index in [1.807, 2.05) is 0 Å². The zero-order valence-electron chi connectivity index (χ0n) is 9.97. The smallest absolute Gasteiger partial charge is 0.407 e. The van der Waals surface area contributed by atoms with E-state index in [-0.39, 0.29) is 18.8 Å². The van der Waals surface area contributed by atoms with Crippen LogP contribution < -0.4 is 5.32 Å². The summed E-state index contributed by atoms with van der Waals surface area (Å²) in [4.78, 5) is 25.6. The summed E-state index contributed by atoms with van der Waals surface area (Å²) >= 11 is 0. The summed E-state index contributed by atoms with van der Waals surface area (Å²) in [6, 6.07) is 1.45. The van der Waals surface area contributed by atoms with Crippen molar-refractivity contribution >= 4 is 12.1 Å². The van der Waals surface area contributed by atoms with Crippen LogP contribution in [0.1, 0.15) is 21.6 Å². The van der Waals surface area contributed by atoms with Gasteiger partial charge in [-0.25, -0.2) is 14.6 Å². The lowest BCUT2D eigenvalue weighted by atomic mass is 10.1. The molecular formula is C12H14N2O4. The molecular weight excluding hydrogens is 236 g/mol. The molecule has 18 heavy (non-hydrogen) atoms. The SMILES string of the molecule is C=CCOC(=O)NCc1cnc(C(=O)O)cc1C. The van der Waals surface area contributed by atoms with Gasteiger partial charge >= 0.3 is 12.1 Å². The molecule has 2 N–H and O–H groups in total. The highest BCUT2D eigenvalue weighted by atomic mass is 16.5. The number of alkyl carbamates (subject to hydrolysis) is 1. The molecule has 6 nitrogen and oxygen atoms in total. The Hall–Kier alpha value is -2.37. The van der Waals surface area contributed by atoms with Crippen molar-refractivity contribution in [3.63, 3.8) is 0 Å². The maximum absolute atomic E-state index is 11.2. The van der Waals surface area contributed by atoms with E-state index in [9.17, 15) is 9.59 Å². The number of carbonyl (C=O) groups is 2. The molecule has 0 unspecified atom stereocenters. The Bertz CT molecular complexity index is 471. The number of aryl methyl sites for hydroxylation is 1. The maximum Gasteiger partial charge on any atom is 0.407 e. The van der Waals surface area contributed by atoms with Gasteiger partial charge < -0.3 is 15.2 Å². The van der Waals surface area contributed by atoms with E-state index in [4.69, 9.17) is 9.84 Å². The number of amides is 1. The first-order chi connectivity index (χ1) is 8.54. The molecule has 0 saturated carbocycles. The molecule has 1 aromatic heterocycles. The number of hydrogen-bond donors (Lipinski definition) is 2. The highest BCUT2D eigenvalue weighted by Crippen LogP contribution is 2.08. The van der Waals surface area contributed by atoms with Crippen molar-refractivity contribution in [2.45, 2.75) is 13.5 Å². The van der Waals surface area contributed by atoms with Crippen molar-refractivity contribution in [2.75, 3.05) is 6.61 Å². The van der Waals surface area contributed by atoms with Crippen LogP contribution in [0.5, 0.6) is 0 Å². The molecule has 0 aliphatic carbocycles. The molecule has 96 valence electrons. The fourth-order valence-corrected chi connectivity index (χ4v) is 1.24. The maximum atomic E-state index is 11.2. The van der Waals surface area contributed by atoms with Gasteiger partial charge in [-0.15, -0.1) is 0 Å². The lowest BCUT2D eigenvalue weighted by Crippen LogP contribution is -2.24. The normalized spacial score (nSPS) is 9.61. The fourth-order valence-electron chi connectivity index (χ4n) is 1.24. The van der Waals surface area contributed by atoms with Crippen LogP contribution in [0.15, 0.2) is 24.9 Å². The molecule has 0 aliphatic heterocycles. The molecule has 1 rings (SSSR count). The average molecular weight is 250 g/mol. The number of nitrogens with zero attached hydrogens (tertiary/aromatic N) is 1. The molecule has 0 atom stereocenters. The van der Waals surface area contributed by atoms with E-state index in [1.165, 1.54) is 18.3 Å². The van der Waals surface area contributed by atoms with E-state index in [1.54, 1.807) is 6.92 Å². The summed E-state index contributed by atoms with van der Waals surface area (Å²) in [6.45, 7) is 5.54. The van der Waals surface area contributed by atoms with E-state index in [0.717, 1.165) is 11.1 Å². The number of carboxylic acids is 1. The first kappa shape index (κ1) is 13.7. The quantitative estimate of drug-likeness (QED) is 0.773. The molecule has 0 fully saturated rings. The van der Waals surface area contributed by atoms with Crippen LogP contribution in [0.4, 0.5) is 4.79 Å². The third-order valence-electron chi connectivity index (χ3n) is 2.19. The summed E-state index contributed by atoms with van der Waals surface area (Å²) in [6.07, 6.45) is 2.33. The Morgan fingerprint density at radius 3 is 2.89 bits per heavy atom. The lowest BCUT2D eigenvalue weighted by molar-refractivity contribution is 0.0690. The molecule has 1 aromatic rings. The minimum Gasteiger partial charge on any atom is -0.477 e. The Labute approximate surface area is 104 Å². The van der Waals surface area contributed by atoms with Crippen molar-refractivity contribution in [2.24, 2.45) is 0 Å². The van der Waals surface area contributed by atoms with Gasteiger partial charge in [-0.05, 0) is 24.1 Å². The number of ether oxygens (including phenoxy) is 1. The molecule has 0 saturated heterocycles. The highest BCUT2D eigenvalue weighted by molar-refractivity contribution is 5.85. The predicted octanol–water partition coefficient (Wildman–Crippen LogP) is 1.50. The zero-order valence-corrected chi connectivity index (χ0v) is 9.97. The van der Waals surface area contributed by atoms with Crippen LogP contribution in [0.2, 0.25) is 0 Å². The summed E-state index contributed by atoms with van der Waals surface area (Å²) in [7, 11) is 0. The van der Waals surface area contributed by atoms with Crippen molar-refractivity contribution in [1.29, 1.82) is 0 Å². The largest absolute Gasteiger partial charge is 0.477 e. The third-order valence-corrected chi connectivity index (χ3v) is 2.19. The Kier molecular flexibility index (Phi) is 4.86. The Morgan fingerprint density at radius 1 is 1.61 bits per heavy atom. The summed E-state index contributed by atoms with van der Waals surface area (Å²) in [5.74, 6) is -1.08. The van der Waals surface area contributed by atoms with Crippen LogP contribution in [-0.2, 0) is 11.3 Å². The van der Waals surface area contributed by atoms with Crippen molar-refractivity contribution in [3.05, 3.63) is 41.7 Å². The molecule has 0 spiro atoms. The first-order valence-corrected chi connectivity index (χ1v) is 5.25. The first-order valence-electron chi connectivity index (χ1n) is 5.25. The van der Waals surface area contributed by atoms with Gasteiger partial charge in [-0.1, -0.05) is 12.7 Å². The van der Waals surface area contributed by atoms with Gasteiger partial charge in [0.15, 0.2) is 0 Å². The number of nitrogens with one attached hydrogen (secondary N) is 1. The van der Waals surface area contributed by atoms with Gasteiger partial charge in [-0.2, -0.15) is 0 Å². The average Bonchev–Trinajstić information content (AvgIpc) is 2.34. The number of carbonyl (C=O) groups excluding carboxylic acids is 1. The van der Waals surface area contributed by atoms with E-state index >= 15 is 0 Å². The van der Waals surface area contributed by atoms with Crippen LogP contribution in [0, 0.1) is 6.92 Å². The van der Waals surface area contributed by atoms with Gasteiger partial charge in [-0.3, -0.25) is 0 Å². The van der Waals surface area contributed by atoms with Crippen LogP contribution >= 0.6 is 0 Å². The molecule has 1 amide bonds. The second kappa shape index (κ2) is 6.39. The summed E-state index contributed by atoms with van der Waals surface area (Å²) in [5.41, 5.74) is 1.45. The Morgan fingerprint density at radius 2 is 2.33 bits per heavy atom. The van der Waals surface area contributed by atoms with E-state index < -0.39 is 12.1 Å². The van der Waals surface area contributed by atoms with Gasteiger partial charge in [0, 0.05) is 12.7 Å². The van der Waals surface area contributed by atoms with Gasteiger partial charge in [0.2, 0.25) is 0 Å². The zero-order chi connectivity index (χ0) is 13.5. The van der Waals surface area contributed by atoms with Gasteiger partial charge in [0.1, 0.15) is 12.3 Å². The molecule has 6 heteroatoms. The number of aromatic nitrogens is 1. The van der Waals surface area contributed by atoms with Crippen LogP contribution in [0.25, 0.3) is 0 Å². The third kappa shape index (κ3) is 3.89. The van der Waals surface area contributed by atoms with Gasteiger partial charge in [0.05, 0.1) is 0 Å². The summed E-state index contributed by atoms with van der Waals surface area (Å²) in [5, 5.41) is 11.3. The van der Waals surface area contributed by atoms with Crippen molar-refractivity contribution < 1.29 is 19.4 Å². The van der Waals surface area contributed by atoms with E-state index in [0.29, 0.717) is 0 Å². The molecule has 0 radical (unpaired) electrons. The topological polar surface area (TPSA) is 88.5 Å². The Balaban J connectivity index is 2.60. The number of pyridine rings is 1. The second-order valence-electron chi connectivity index (χ2n) is 3.54. The van der Waals surface area contributed by atoms with Crippen molar-refractivity contribution in [3.8, 4) is 0 Å². The second-order valence-corrected chi connectivity index (χ2v) is 3.54. The fraction of sp³-hybridized carbons (Fsp3) is 0.250. The molecule has 0 aromatic carbocycles. The minimum absolute atomic E-state index is 0.0227. The van der Waals surface area contributed by atoms with Gasteiger partial charge in [0.25, 0.3) is 0 Å². The number of carboxylic acid groups (broad SMARTS) is 1. The predicted molar refractivity (Wildman–Crippen MR) is 64.3 cm³/mol. The minimum atomic E-state index is -1.08. The number of rotatable bonds is 5. The highest BCUT2D eigenvalue weighted by Gasteiger charge is 2.08. The summed E-state index contributed by atoms with van der Waals surface area (Å²) < 4.78 is 4.73. The lowest BCUT2D eigenvalue weighted by Gasteiger charge is -2.08. The number of aromatic carboxylic acids is 1. The molecule has 1 heterocycles. The number of hydrogen-bond acceptors (Lipinski definition) is 4. The van der Waals surface area contributed by atoms with E-state index in [2.05, 4.69) is 16.9 Å². The molecule has 0 bridgehead atoms. The standard InChI is InChI=1S/C12H14N2O4/c1-3-4-18-12(17)14-7-9-6-13-10(11(15)16)5-8(9)2/h3,5-6H,1,4,7H2,2H3,(H,14,17)(H,15,16). The monoisotopic (exact) mass is 250 g/mol. The van der Waals surface area contributed by atoms with Crippen LogP contribution in [-0.4, -0.2) is 28.8 Å². The van der Waals surface area contributed by atoms with Crippen LogP contribution in [0.3, 0.4) is 0 Å². The molecule has 0 aliphatic rings. The van der Waals surface area contributed by atoms with Crippen molar-refractivity contribution in [1.82, 2.24) is 10.3 Å².